The van der Waals surface area contributed by atoms with E-state index in [1.807, 2.05) is 30.3 Å². The van der Waals surface area contributed by atoms with Crippen LogP contribution in [0.1, 0.15) is 30.0 Å². The molecule has 0 aliphatic heterocycles. The monoisotopic (exact) mass is 461 g/mol. The van der Waals surface area contributed by atoms with Gasteiger partial charge < -0.3 is 20.4 Å². The molecular weight excluding hydrogens is 438 g/mol. The Bertz CT molecular complexity index is 1170. The van der Waals surface area contributed by atoms with Crippen LogP contribution in [0.2, 0.25) is 0 Å². The molecule has 10 heteroatoms. The summed E-state index contributed by atoms with van der Waals surface area (Å²) in [5.41, 5.74) is 3.49. The van der Waals surface area contributed by atoms with Crippen molar-refractivity contribution in [3.05, 3.63) is 89.9 Å². The molecule has 0 spiro atoms. The molecule has 0 unspecified atom stereocenters. The van der Waals surface area contributed by atoms with Crippen LogP contribution in [0.15, 0.2) is 82.3 Å². The second-order valence-corrected chi connectivity index (χ2v) is 7.11. The Hall–Kier alpha value is -4.73. The summed E-state index contributed by atoms with van der Waals surface area (Å²) >= 11 is 0. The molecule has 1 atom stereocenters. The molecule has 3 aromatic rings. The van der Waals surface area contributed by atoms with E-state index in [-0.39, 0.29) is 18.3 Å². The molecule has 0 saturated carbocycles. The summed E-state index contributed by atoms with van der Waals surface area (Å²) in [7, 11) is 0. The number of nitrogens with one attached hydrogen (secondary N) is 4. The smallest absolute Gasteiger partial charge is 0.329 e. The lowest BCUT2D eigenvalue weighted by molar-refractivity contribution is -0.139. The molecule has 1 aromatic heterocycles. The fourth-order valence-corrected chi connectivity index (χ4v) is 2.81. The minimum atomic E-state index is -0.928. The molecule has 10 nitrogen and oxygen atoms in total. The molecule has 0 aliphatic rings. The van der Waals surface area contributed by atoms with Gasteiger partial charge in [0, 0.05) is 5.69 Å². The number of nitrogens with zero attached hydrogens (tertiary/aromatic N) is 1. The Morgan fingerprint density at radius 2 is 1.53 bits per heavy atom. The standard InChI is InChI=1S/C24H23N5O5/c1-16(17-8-4-2-5-9-17)27-23(32)24(33)29-26-15-20-13-12-19(34-20)14-25-21(30)22(31)28-18-10-6-3-7-11-18/h2-13,15-16H,14H2,1H3,(H,25,30)(H,27,32)(H,28,31)(H,29,33)/b26-15+/t16-/m1/s1. The Balaban J connectivity index is 1.41. The highest BCUT2D eigenvalue weighted by molar-refractivity contribution is 6.39. The molecule has 0 aliphatic carbocycles. The molecule has 0 fully saturated rings. The summed E-state index contributed by atoms with van der Waals surface area (Å²) in [6.45, 7) is 1.74. The van der Waals surface area contributed by atoms with Gasteiger partial charge in [-0.15, -0.1) is 0 Å². The number of carbonyl (C=O) groups is 4. The molecule has 4 amide bonds. The summed E-state index contributed by atoms with van der Waals surface area (Å²) in [5.74, 6) is -2.74. The molecule has 34 heavy (non-hydrogen) atoms. The Kier molecular flexibility index (Phi) is 8.28. The van der Waals surface area contributed by atoms with Crippen LogP contribution in [0.4, 0.5) is 5.69 Å². The van der Waals surface area contributed by atoms with Crippen molar-refractivity contribution in [2.24, 2.45) is 5.10 Å². The van der Waals surface area contributed by atoms with Gasteiger partial charge in [0.05, 0.1) is 18.8 Å². The molecule has 4 N–H and O–H groups in total. The predicted molar refractivity (Wildman–Crippen MR) is 124 cm³/mol. The molecule has 1 heterocycles. The number of hydrazone groups is 1. The van der Waals surface area contributed by atoms with E-state index >= 15 is 0 Å². The van der Waals surface area contributed by atoms with Gasteiger partial charge in [0.2, 0.25) is 0 Å². The predicted octanol–water partition coefficient (Wildman–Crippen LogP) is 1.86. The maximum atomic E-state index is 12.0. The van der Waals surface area contributed by atoms with E-state index in [1.165, 1.54) is 6.21 Å². The van der Waals surface area contributed by atoms with Crippen LogP contribution >= 0.6 is 0 Å². The average molecular weight is 461 g/mol. The summed E-state index contributed by atoms with van der Waals surface area (Å²) in [5, 5.41) is 11.2. The molecule has 2 aromatic carbocycles. The van der Waals surface area contributed by atoms with Gasteiger partial charge in [-0.25, -0.2) is 5.43 Å². The van der Waals surface area contributed by atoms with Gasteiger partial charge in [-0.1, -0.05) is 48.5 Å². The van der Waals surface area contributed by atoms with Gasteiger partial charge in [0.1, 0.15) is 11.5 Å². The Morgan fingerprint density at radius 1 is 0.853 bits per heavy atom. The maximum Gasteiger partial charge on any atom is 0.329 e. The molecular formula is C24H23N5O5. The van der Waals surface area contributed by atoms with Crippen LogP contribution in [-0.4, -0.2) is 29.8 Å². The number of carbonyl (C=O) groups excluding carboxylic acids is 4. The van der Waals surface area contributed by atoms with E-state index in [9.17, 15) is 19.2 Å². The lowest BCUT2D eigenvalue weighted by Crippen LogP contribution is -2.39. The van der Waals surface area contributed by atoms with Gasteiger partial charge in [-0.05, 0) is 36.8 Å². The van der Waals surface area contributed by atoms with Gasteiger partial charge >= 0.3 is 23.6 Å². The van der Waals surface area contributed by atoms with Crippen molar-refractivity contribution in [2.45, 2.75) is 19.5 Å². The minimum absolute atomic E-state index is 0.0268. The zero-order chi connectivity index (χ0) is 24.3. The van der Waals surface area contributed by atoms with Gasteiger partial charge in [0.25, 0.3) is 0 Å². The summed E-state index contributed by atoms with van der Waals surface area (Å²) in [6.07, 6.45) is 1.21. The second kappa shape index (κ2) is 11.8. The van der Waals surface area contributed by atoms with Crippen LogP contribution in [-0.2, 0) is 25.7 Å². The van der Waals surface area contributed by atoms with Crippen LogP contribution in [0.25, 0.3) is 0 Å². The highest BCUT2D eigenvalue weighted by Crippen LogP contribution is 2.10. The zero-order valence-corrected chi connectivity index (χ0v) is 18.3. The maximum absolute atomic E-state index is 12.0. The van der Waals surface area contributed by atoms with Crippen molar-refractivity contribution in [1.82, 2.24) is 16.1 Å². The molecule has 174 valence electrons. The number of hydrogen-bond acceptors (Lipinski definition) is 6. The van der Waals surface area contributed by atoms with Crippen molar-refractivity contribution in [2.75, 3.05) is 5.32 Å². The number of benzene rings is 2. The van der Waals surface area contributed by atoms with Gasteiger partial charge in [-0.3, -0.25) is 19.2 Å². The first-order valence-electron chi connectivity index (χ1n) is 10.3. The SMILES string of the molecule is C[C@@H](NC(=O)C(=O)N/N=C/c1ccc(CNC(=O)C(=O)Nc2ccccc2)o1)c1ccccc1. The Labute approximate surface area is 195 Å². The topological polar surface area (TPSA) is 142 Å². The number of para-hydroxylation sites is 1. The Morgan fingerprint density at radius 3 is 2.24 bits per heavy atom. The number of rotatable bonds is 7. The third-order valence-electron chi connectivity index (χ3n) is 4.55. The zero-order valence-electron chi connectivity index (χ0n) is 18.3. The number of furan rings is 1. The van der Waals surface area contributed by atoms with Crippen molar-refractivity contribution in [1.29, 1.82) is 0 Å². The summed E-state index contributed by atoms with van der Waals surface area (Å²) < 4.78 is 5.45. The molecule has 3 rings (SSSR count). The highest BCUT2D eigenvalue weighted by Gasteiger charge is 2.17. The number of anilines is 1. The molecule has 0 bridgehead atoms. The summed E-state index contributed by atoms with van der Waals surface area (Å²) in [4.78, 5) is 47.8. The van der Waals surface area contributed by atoms with E-state index in [0.29, 0.717) is 11.4 Å². The van der Waals surface area contributed by atoms with Crippen molar-refractivity contribution in [3.8, 4) is 0 Å². The van der Waals surface area contributed by atoms with Crippen LogP contribution in [0, 0.1) is 0 Å². The van der Waals surface area contributed by atoms with Crippen LogP contribution in [0.3, 0.4) is 0 Å². The second-order valence-electron chi connectivity index (χ2n) is 7.11. The van der Waals surface area contributed by atoms with E-state index in [0.717, 1.165) is 5.56 Å². The van der Waals surface area contributed by atoms with Crippen molar-refractivity contribution in [3.63, 3.8) is 0 Å². The first kappa shape index (κ1) is 23.9. The fourth-order valence-electron chi connectivity index (χ4n) is 2.81. The lowest BCUT2D eigenvalue weighted by atomic mass is 10.1. The molecule has 0 saturated heterocycles. The lowest BCUT2D eigenvalue weighted by Gasteiger charge is -2.13. The van der Waals surface area contributed by atoms with Crippen LogP contribution in [0.5, 0.6) is 0 Å². The van der Waals surface area contributed by atoms with E-state index in [4.69, 9.17) is 4.42 Å². The average Bonchev–Trinajstić information content (AvgIpc) is 3.31. The molecule has 0 radical (unpaired) electrons. The number of amides is 4. The third-order valence-corrected chi connectivity index (χ3v) is 4.55. The minimum Gasteiger partial charge on any atom is -0.458 e. The third kappa shape index (κ3) is 7.16. The first-order chi connectivity index (χ1) is 16.4. The largest absolute Gasteiger partial charge is 0.458 e. The van der Waals surface area contributed by atoms with Crippen molar-refractivity contribution < 1.29 is 23.6 Å². The van der Waals surface area contributed by atoms with Gasteiger partial charge in [-0.2, -0.15) is 5.10 Å². The first-order valence-corrected chi connectivity index (χ1v) is 10.3. The van der Waals surface area contributed by atoms with Crippen molar-refractivity contribution >= 4 is 35.5 Å². The van der Waals surface area contributed by atoms with Gasteiger partial charge in [0.15, 0.2) is 0 Å². The fraction of sp³-hybridized carbons (Fsp3) is 0.125. The van der Waals surface area contributed by atoms with E-state index in [1.54, 1.807) is 49.4 Å². The summed E-state index contributed by atoms with van der Waals surface area (Å²) in [6, 6.07) is 20.6. The number of hydrogen-bond donors (Lipinski definition) is 4. The van der Waals surface area contributed by atoms with E-state index < -0.39 is 23.6 Å². The highest BCUT2D eigenvalue weighted by atomic mass is 16.3. The van der Waals surface area contributed by atoms with E-state index in [2.05, 4.69) is 26.5 Å². The normalized spacial score (nSPS) is 11.4. The quantitative estimate of drug-likeness (QED) is 0.241. The van der Waals surface area contributed by atoms with Crippen LogP contribution < -0.4 is 21.4 Å².